The number of aromatic nitrogens is 2. The molecular formula is C15H19N3O3. The molecule has 0 saturated carbocycles. The number of imidazole rings is 1. The second-order valence-electron chi connectivity index (χ2n) is 4.79. The number of rotatable bonds is 5. The molecule has 0 spiro atoms. The Morgan fingerprint density at radius 3 is 2.67 bits per heavy atom. The highest BCUT2D eigenvalue weighted by Crippen LogP contribution is 2.23. The number of anilines is 1. The van der Waals surface area contributed by atoms with Gasteiger partial charge in [-0.1, -0.05) is 12.1 Å². The summed E-state index contributed by atoms with van der Waals surface area (Å²) in [6.45, 7) is 4.03. The van der Waals surface area contributed by atoms with Crippen molar-refractivity contribution in [1.82, 2.24) is 9.55 Å². The van der Waals surface area contributed by atoms with Gasteiger partial charge >= 0.3 is 5.69 Å². The maximum atomic E-state index is 12.0. The lowest BCUT2D eigenvalue weighted by molar-refractivity contribution is -0.116. The Labute approximate surface area is 122 Å². The molecule has 0 fully saturated rings. The third-order valence-electron chi connectivity index (χ3n) is 3.43. The summed E-state index contributed by atoms with van der Waals surface area (Å²) in [5.41, 5.74) is 2.12. The molecule has 2 rings (SSSR count). The molecule has 0 aliphatic carbocycles. The standard InChI is InChI=1S/C15H19N3O3/c1-10-11(2)18(15(20)16-10)9-8-14(19)17-12-6-4-5-7-13(12)21-3/h4-7H,8-9H2,1-3H3,(H,16,20)(H,17,19). The number of aryl methyl sites for hydroxylation is 1. The summed E-state index contributed by atoms with van der Waals surface area (Å²) in [7, 11) is 1.55. The number of para-hydroxylation sites is 2. The molecule has 112 valence electrons. The van der Waals surface area contributed by atoms with Gasteiger partial charge in [-0.2, -0.15) is 0 Å². The molecule has 0 radical (unpaired) electrons. The quantitative estimate of drug-likeness (QED) is 0.881. The second-order valence-corrected chi connectivity index (χ2v) is 4.79. The van der Waals surface area contributed by atoms with E-state index in [1.54, 1.807) is 23.8 Å². The molecule has 0 atom stereocenters. The second kappa shape index (κ2) is 6.30. The molecule has 1 aromatic carbocycles. The zero-order valence-electron chi connectivity index (χ0n) is 12.4. The van der Waals surface area contributed by atoms with Crippen LogP contribution in [-0.4, -0.2) is 22.6 Å². The van der Waals surface area contributed by atoms with Crippen LogP contribution >= 0.6 is 0 Å². The topological polar surface area (TPSA) is 76.1 Å². The Morgan fingerprint density at radius 2 is 2.05 bits per heavy atom. The molecule has 0 aliphatic rings. The number of hydrogen-bond acceptors (Lipinski definition) is 3. The van der Waals surface area contributed by atoms with Gasteiger partial charge in [-0.05, 0) is 26.0 Å². The zero-order valence-corrected chi connectivity index (χ0v) is 12.4. The van der Waals surface area contributed by atoms with Gasteiger partial charge < -0.3 is 15.0 Å². The van der Waals surface area contributed by atoms with Gasteiger partial charge in [0.05, 0.1) is 12.8 Å². The maximum Gasteiger partial charge on any atom is 0.325 e. The number of hydrogen-bond donors (Lipinski definition) is 2. The summed E-state index contributed by atoms with van der Waals surface area (Å²) in [4.78, 5) is 26.4. The fourth-order valence-electron chi connectivity index (χ4n) is 2.12. The zero-order chi connectivity index (χ0) is 15.4. The molecule has 0 saturated heterocycles. The number of carbonyl (C=O) groups is 1. The highest BCUT2D eigenvalue weighted by atomic mass is 16.5. The van der Waals surface area contributed by atoms with E-state index in [9.17, 15) is 9.59 Å². The molecule has 2 N–H and O–H groups in total. The smallest absolute Gasteiger partial charge is 0.325 e. The summed E-state index contributed by atoms with van der Waals surface area (Å²) >= 11 is 0. The van der Waals surface area contributed by atoms with Crippen LogP contribution in [0.25, 0.3) is 0 Å². The lowest BCUT2D eigenvalue weighted by atomic mass is 10.2. The van der Waals surface area contributed by atoms with Gasteiger partial charge in [0.15, 0.2) is 0 Å². The number of amides is 1. The van der Waals surface area contributed by atoms with Crippen LogP contribution in [0.3, 0.4) is 0 Å². The predicted molar refractivity (Wildman–Crippen MR) is 80.8 cm³/mol. The monoisotopic (exact) mass is 289 g/mol. The minimum atomic E-state index is -0.185. The minimum Gasteiger partial charge on any atom is -0.495 e. The van der Waals surface area contributed by atoms with Crippen LogP contribution in [0.1, 0.15) is 17.8 Å². The van der Waals surface area contributed by atoms with Crippen molar-refractivity contribution in [3.05, 3.63) is 46.1 Å². The molecule has 1 aromatic heterocycles. The number of benzene rings is 1. The summed E-state index contributed by atoms with van der Waals surface area (Å²) in [5.74, 6) is 0.446. The maximum absolute atomic E-state index is 12.0. The largest absolute Gasteiger partial charge is 0.495 e. The van der Waals surface area contributed by atoms with Gasteiger partial charge in [-0.15, -0.1) is 0 Å². The predicted octanol–water partition coefficient (Wildman–Crippen LogP) is 1.83. The normalized spacial score (nSPS) is 10.4. The molecule has 6 nitrogen and oxygen atoms in total. The van der Waals surface area contributed by atoms with Gasteiger partial charge in [0, 0.05) is 24.4 Å². The summed E-state index contributed by atoms with van der Waals surface area (Å²) in [5, 5.41) is 2.79. The average molecular weight is 289 g/mol. The van der Waals surface area contributed by atoms with Crippen molar-refractivity contribution in [3.8, 4) is 5.75 Å². The minimum absolute atomic E-state index is 0.162. The first kappa shape index (κ1) is 14.9. The Morgan fingerprint density at radius 1 is 1.33 bits per heavy atom. The summed E-state index contributed by atoms with van der Waals surface area (Å²) in [6, 6.07) is 7.21. The van der Waals surface area contributed by atoms with E-state index in [2.05, 4.69) is 10.3 Å². The third-order valence-corrected chi connectivity index (χ3v) is 3.43. The van der Waals surface area contributed by atoms with Crippen molar-refractivity contribution >= 4 is 11.6 Å². The molecule has 0 aliphatic heterocycles. The van der Waals surface area contributed by atoms with Crippen molar-refractivity contribution in [2.75, 3.05) is 12.4 Å². The Bertz CT molecular complexity index is 700. The lowest BCUT2D eigenvalue weighted by Crippen LogP contribution is -2.22. The molecule has 0 unspecified atom stereocenters. The molecule has 0 bridgehead atoms. The third kappa shape index (κ3) is 3.34. The van der Waals surface area contributed by atoms with E-state index in [-0.39, 0.29) is 18.0 Å². The number of nitrogens with one attached hydrogen (secondary N) is 2. The van der Waals surface area contributed by atoms with Crippen molar-refractivity contribution in [2.24, 2.45) is 0 Å². The number of H-pyrrole nitrogens is 1. The van der Waals surface area contributed by atoms with E-state index in [0.717, 1.165) is 11.4 Å². The van der Waals surface area contributed by atoms with E-state index < -0.39 is 0 Å². The number of ether oxygens (including phenoxy) is 1. The van der Waals surface area contributed by atoms with Crippen LogP contribution in [0, 0.1) is 13.8 Å². The van der Waals surface area contributed by atoms with Crippen LogP contribution in [0.15, 0.2) is 29.1 Å². The Balaban J connectivity index is 2.01. The fourth-order valence-corrected chi connectivity index (χ4v) is 2.12. The van der Waals surface area contributed by atoms with Crippen molar-refractivity contribution in [2.45, 2.75) is 26.8 Å². The average Bonchev–Trinajstić information content (AvgIpc) is 2.71. The van der Waals surface area contributed by atoms with Crippen LogP contribution in [0.5, 0.6) is 5.75 Å². The highest BCUT2D eigenvalue weighted by molar-refractivity contribution is 5.92. The number of carbonyl (C=O) groups excluding carboxylic acids is 1. The van der Waals surface area contributed by atoms with Crippen molar-refractivity contribution < 1.29 is 9.53 Å². The molecule has 1 heterocycles. The number of aromatic amines is 1. The number of nitrogens with zero attached hydrogens (tertiary/aromatic N) is 1. The van der Waals surface area contributed by atoms with E-state index in [1.807, 2.05) is 26.0 Å². The lowest BCUT2D eigenvalue weighted by Gasteiger charge is -2.10. The van der Waals surface area contributed by atoms with Crippen LogP contribution in [0.2, 0.25) is 0 Å². The van der Waals surface area contributed by atoms with Crippen molar-refractivity contribution in [3.63, 3.8) is 0 Å². The van der Waals surface area contributed by atoms with Crippen LogP contribution in [-0.2, 0) is 11.3 Å². The fraction of sp³-hybridized carbons (Fsp3) is 0.333. The summed E-state index contributed by atoms with van der Waals surface area (Å²) < 4.78 is 6.74. The van der Waals surface area contributed by atoms with E-state index in [0.29, 0.717) is 18.0 Å². The van der Waals surface area contributed by atoms with E-state index >= 15 is 0 Å². The molecule has 1 amide bonds. The number of methoxy groups -OCH3 is 1. The van der Waals surface area contributed by atoms with Gasteiger partial charge in [-0.25, -0.2) is 4.79 Å². The Kier molecular flexibility index (Phi) is 4.47. The molecular weight excluding hydrogens is 270 g/mol. The van der Waals surface area contributed by atoms with E-state index in [4.69, 9.17) is 4.74 Å². The first-order valence-electron chi connectivity index (χ1n) is 6.71. The van der Waals surface area contributed by atoms with E-state index in [1.165, 1.54) is 0 Å². The Hall–Kier alpha value is -2.50. The van der Waals surface area contributed by atoms with Gasteiger partial charge in [-0.3, -0.25) is 9.36 Å². The first-order chi connectivity index (χ1) is 10.0. The molecule has 21 heavy (non-hydrogen) atoms. The van der Waals surface area contributed by atoms with Gasteiger partial charge in [0.2, 0.25) is 5.91 Å². The molecule has 6 heteroatoms. The van der Waals surface area contributed by atoms with Crippen LogP contribution < -0.4 is 15.7 Å². The first-order valence-corrected chi connectivity index (χ1v) is 6.71. The molecule has 2 aromatic rings. The SMILES string of the molecule is COc1ccccc1NC(=O)CCn1c(C)c(C)[nH]c1=O. The highest BCUT2D eigenvalue weighted by Gasteiger charge is 2.10. The van der Waals surface area contributed by atoms with Gasteiger partial charge in [0.1, 0.15) is 5.75 Å². The summed E-state index contributed by atoms with van der Waals surface area (Å²) in [6.07, 6.45) is 0.218. The van der Waals surface area contributed by atoms with Gasteiger partial charge in [0.25, 0.3) is 0 Å². The van der Waals surface area contributed by atoms with Crippen LogP contribution in [0.4, 0.5) is 5.69 Å². The van der Waals surface area contributed by atoms with Crippen molar-refractivity contribution in [1.29, 1.82) is 0 Å².